The van der Waals surface area contributed by atoms with Gasteiger partial charge >= 0.3 is 0 Å². The molecule has 1 amide bonds. The summed E-state index contributed by atoms with van der Waals surface area (Å²) in [6.45, 7) is 5.55. The van der Waals surface area contributed by atoms with Crippen molar-refractivity contribution in [2.75, 3.05) is 0 Å². The topological polar surface area (TPSA) is 92.8 Å². The second kappa shape index (κ2) is 2.64. The summed E-state index contributed by atoms with van der Waals surface area (Å²) in [5.74, 6) is -1.01. The molecule has 2 aliphatic carbocycles. The minimum absolute atomic E-state index is 0.0996. The quantitative estimate of drug-likeness (QED) is 0.390. The van der Waals surface area contributed by atoms with Crippen molar-refractivity contribution in [3.63, 3.8) is 0 Å². The molecule has 2 fully saturated rings. The third-order valence-corrected chi connectivity index (χ3v) is 5.09. The first-order chi connectivity index (χ1) is 7.25. The minimum atomic E-state index is -1.19. The van der Waals surface area contributed by atoms with Crippen molar-refractivity contribution < 1.29 is 14.8 Å². The van der Waals surface area contributed by atoms with Crippen molar-refractivity contribution in [1.82, 2.24) is 0 Å². The number of carbonyl (C=O) groups excluding carboxylic acids is 2. The number of ketones is 1. The molecular formula is C11H16N2O3. The molecule has 0 heterocycles. The zero-order valence-electron chi connectivity index (χ0n) is 9.70. The van der Waals surface area contributed by atoms with Gasteiger partial charge in [-0.3, -0.25) is 9.59 Å². The lowest BCUT2D eigenvalue weighted by Gasteiger charge is -2.36. The molecule has 2 aliphatic rings. The summed E-state index contributed by atoms with van der Waals surface area (Å²) in [5.41, 5.74) is 3.17. The Morgan fingerprint density at radius 3 is 2.25 bits per heavy atom. The highest BCUT2D eigenvalue weighted by atomic mass is 16.4. The lowest BCUT2D eigenvalue weighted by molar-refractivity contribution is -0.141. The zero-order chi connectivity index (χ0) is 12.4. The molecule has 0 aromatic rings. The molecule has 0 aliphatic heterocycles. The molecule has 5 heteroatoms. The summed E-state index contributed by atoms with van der Waals surface area (Å²) in [7, 11) is 0. The van der Waals surface area contributed by atoms with Crippen LogP contribution in [-0.4, -0.2) is 22.6 Å². The number of amides is 1. The van der Waals surface area contributed by atoms with E-state index in [1.165, 1.54) is 0 Å². The van der Waals surface area contributed by atoms with Crippen LogP contribution >= 0.6 is 0 Å². The number of hydrogen-bond donors (Lipinski definition) is 2. The van der Waals surface area contributed by atoms with Crippen LogP contribution in [0, 0.1) is 16.2 Å². The van der Waals surface area contributed by atoms with E-state index in [9.17, 15) is 9.59 Å². The van der Waals surface area contributed by atoms with Crippen molar-refractivity contribution in [2.45, 2.75) is 33.6 Å². The predicted octanol–water partition coefficient (Wildman–Crippen LogP) is 0.697. The summed E-state index contributed by atoms with van der Waals surface area (Å²) < 4.78 is 0. The maximum atomic E-state index is 12.2. The molecule has 2 bridgehead atoms. The number of rotatable bonds is 1. The van der Waals surface area contributed by atoms with Crippen LogP contribution < -0.4 is 5.73 Å². The second-order valence-corrected chi connectivity index (χ2v) is 5.50. The molecule has 0 aromatic heterocycles. The van der Waals surface area contributed by atoms with E-state index >= 15 is 0 Å². The molecule has 5 nitrogen and oxygen atoms in total. The summed E-state index contributed by atoms with van der Waals surface area (Å²) in [5, 5.41) is 12.1. The second-order valence-electron chi connectivity index (χ2n) is 5.50. The van der Waals surface area contributed by atoms with Gasteiger partial charge in [-0.05, 0) is 18.3 Å². The van der Waals surface area contributed by atoms with E-state index in [-0.39, 0.29) is 5.71 Å². The van der Waals surface area contributed by atoms with E-state index in [1.807, 2.05) is 20.8 Å². The minimum Gasteiger partial charge on any atom is -0.411 e. The number of hydrogen-bond acceptors (Lipinski definition) is 4. The number of nitrogens with two attached hydrogens (primary N) is 1. The molecule has 88 valence electrons. The Hall–Kier alpha value is -1.39. The largest absolute Gasteiger partial charge is 0.411 e. The van der Waals surface area contributed by atoms with Crippen LogP contribution in [0.1, 0.15) is 33.6 Å². The molecule has 2 saturated carbocycles. The van der Waals surface area contributed by atoms with Crippen molar-refractivity contribution in [1.29, 1.82) is 0 Å². The maximum Gasteiger partial charge on any atom is 0.232 e. The van der Waals surface area contributed by atoms with Crippen LogP contribution in [-0.2, 0) is 9.59 Å². The number of primary amides is 1. The standard InChI is InChI=1S/C11H16N2O3/c1-9(2)10(3)4-5-11(9,8(12)15)7(14)6(10)13-16/h16H,4-5H2,1-3H3,(H2,12,15). The number of nitrogens with zero attached hydrogens (tertiary/aromatic N) is 1. The molecule has 0 spiro atoms. The van der Waals surface area contributed by atoms with Crippen LogP contribution in [0.4, 0.5) is 0 Å². The summed E-state index contributed by atoms with van der Waals surface area (Å²) in [6, 6.07) is 0. The van der Waals surface area contributed by atoms with Crippen LogP contribution in [0.2, 0.25) is 0 Å². The van der Waals surface area contributed by atoms with Gasteiger partial charge in [-0.25, -0.2) is 0 Å². The van der Waals surface area contributed by atoms with E-state index < -0.39 is 27.9 Å². The van der Waals surface area contributed by atoms with Gasteiger partial charge in [0.25, 0.3) is 0 Å². The Labute approximate surface area is 93.7 Å². The fourth-order valence-electron chi connectivity index (χ4n) is 3.50. The maximum absolute atomic E-state index is 12.2. The van der Waals surface area contributed by atoms with Gasteiger partial charge in [0.05, 0.1) is 0 Å². The zero-order valence-corrected chi connectivity index (χ0v) is 9.70. The van der Waals surface area contributed by atoms with E-state index in [4.69, 9.17) is 10.9 Å². The van der Waals surface area contributed by atoms with Gasteiger partial charge in [0, 0.05) is 5.41 Å². The molecule has 2 unspecified atom stereocenters. The summed E-state index contributed by atoms with van der Waals surface area (Å²) >= 11 is 0. The Morgan fingerprint density at radius 1 is 1.38 bits per heavy atom. The molecule has 0 radical (unpaired) electrons. The highest BCUT2D eigenvalue weighted by molar-refractivity contribution is 6.50. The average Bonchev–Trinajstić information content (AvgIpc) is 2.44. The number of fused-ring (bicyclic) bond motifs is 2. The molecule has 2 atom stereocenters. The Balaban J connectivity index is 2.75. The van der Waals surface area contributed by atoms with E-state index in [0.717, 1.165) is 0 Å². The predicted molar refractivity (Wildman–Crippen MR) is 57.0 cm³/mol. The van der Waals surface area contributed by atoms with E-state index in [2.05, 4.69) is 5.16 Å². The van der Waals surface area contributed by atoms with Gasteiger partial charge in [-0.15, -0.1) is 0 Å². The molecule has 16 heavy (non-hydrogen) atoms. The SMILES string of the molecule is CC12CCC(C(N)=O)(C(=O)C1=NO)C2(C)C. The van der Waals surface area contributed by atoms with Crippen LogP contribution in [0.5, 0.6) is 0 Å². The van der Waals surface area contributed by atoms with Crippen molar-refractivity contribution >= 4 is 17.4 Å². The van der Waals surface area contributed by atoms with Gasteiger partial charge in [0.2, 0.25) is 5.91 Å². The smallest absolute Gasteiger partial charge is 0.232 e. The van der Waals surface area contributed by atoms with Crippen molar-refractivity contribution in [2.24, 2.45) is 27.1 Å². The van der Waals surface area contributed by atoms with Gasteiger partial charge in [-0.1, -0.05) is 25.9 Å². The Kier molecular flexibility index (Phi) is 1.84. The summed E-state index contributed by atoms with van der Waals surface area (Å²) in [4.78, 5) is 23.9. The molecule has 3 N–H and O–H groups in total. The molecular weight excluding hydrogens is 208 g/mol. The number of carbonyl (C=O) groups is 2. The van der Waals surface area contributed by atoms with Gasteiger partial charge in [0.1, 0.15) is 11.1 Å². The highest BCUT2D eigenvalue weighted by Gasteiger charge is 2.76. The molecule has 2 rings (SSSR count). The van der Waals surface area contributed by atoms with Gasteiger partial charge in [0.15, 0.2) is 5.78 Å². The monoisotopic (exact) mass is 224 g/mol. The van der Waals surface area contributed by atoms with E-state index in [0.29, 0.717) is 12.8 Å². The number of Topliss-reactive ketones (excluding diaryl/α,β-unsaturated/α-hetero) is 1. The third kappa shape index (κ3) is 0.750. The lowest BCUT2D eigenvalue weighted by atomic mass is 9.64. The van der Waals surface area contributed by atoms with Gasteiger partial charge in [-0.2, -0.15) is 0 Å². The average molecular weight is 224 g/mol. The first-order valence-corrected chi connectivity index (χ1v) is 5.33. The van der Waals surface area contributed by atoms with Crippen LogP contribution in [0.15, 0.2) is 5.16 Å². The van der Waals surface area contributed by atoms with Crippen LogP contribution in [0.25, 0.3) is 0 Å². The lowest BCUT2D eigenvalue weighted by Crippen LogP contribution is -2.48. The Bertz CT molecular complexity index is 427. The van der Waals surface area contributed by atoms with Gasteiger partial charge < -0.3 is 10.9 Å². The third-order valence-electron chi connectivity index (χ3n) is 5.09. The normalized spacial score (nSPS) is 42.9. The van der Waals surface area contributed by atoms with E-state index in [1.54, 1.807) is 0 Å². The first-order valence-electron chi connectivity index (χ1n) is 5.33. The fourth-order valence-corrected chi connectivity index (χ4v) is 3.50. The number of oxime groups is 1. The Morgan fingerprint density at radius 2 is 1.94 bits per heavy atom. The highest BCUT2D eigenvalue weighted by Crippen LogP contribution is 2.69. The van der Waals surface area contributed by atoms with Crippen molar-refractivity contribution in [3.05, 3.63) is 0 Å². The fraction of sp³-hybridized carbons (Fsp3) is 0.727. The van der Waals surface area contributed by atoms with Crippen molar-refractivity contribution in [3.8, 4) is 0 Å². The molecule has 0 aromatic carbocycles. The molecule has 0 saturated heterocycles. The van der Waals surface area contributed by atoms with Crippen LogP contribution in [0.3, 0.4) is 0 Å². The first kappa shape index (κ1) is 11.1. The summed E-state index contributed by atoms with van der Waals surface area (Å²) in [6.07, 6.45) is 1.10.